The molecular formula is C6H14N3+. The summed E-state index contributed by atoms with van der Waals surface area (Å²) in [4.78, 5) is 2.91. The lowest BCUT2D eigenvalue weighted by Gasteiger charge is -1.88. The van der Waals surface area contributed by atoms with Gasteiger partial charge >= 0.3 is 0 Å². The van der Waals surface area contributed by atoms with E-state index in [4.69, 9.17) is 5.53 Å². The molecule has 0 rings (SSSR count). The highest BCUT2D eigenvalue weighted by Crippen LogP contribution is 1.97. The van der Waals surface area contributed by atoms with Gasteiger partial charge in [0.05, 0.1) is 0 Å². The third-order valence-electron chi connectivity index (χ3n) is 1.18. The smallest absolute Gasteiger partial charge is 0.0654 e. The highest BCUT2D eigenvalue weighted by molar-refractivity contribution is 4.40. The first kappa shape index (κ1) is 8.31. The largest absolute Gasteiger partial charge is 0.214 e. The van der Waals surface area contributed by atoms with Gasteiger partial charge in [0.2, 0.25) is 4.91 Å². The van der Waals surface area contributed by atoms with Gasteiger partial charge in [-0.15, -0.1) is 0 Å². The van der Waals surface area contributed by atoms with Crippen LogP contribution in [-0.4, -0.2) is 6.54 Å². The normalized spacial score (nSPS) is 8.56. The van der Waals surface area contributed by atoms with Gasteiger partial charge in [0.1, 0.15) is 17.2 Å². The van der Waals surface area contributed by atoms with Crippen molar-refractivity contribution in [2.24, 2.45) is 5.11 Å². The van der Waals surface area contributed by atoms with E-state index in [0.29, 0.717) is 0 Å². The molecule has 0 heterocycles. The van der Waals surface area contributed by atoms with Crippen LogP contribution in [0.2, 0.25) is 0 Å². The molecule has 0 saturated carbocycles. The summed E-state index contributed by atoms with van der Waals surface area (Å²) >= 11 is 0. The number of nitrogens with zero attached hydrogens (tertiary/aromatic N) is 2. The Morgan fingerprint density at radius 2 is 2.11 bits per heavy atom. The van der Waals surface area contributed by atoms with Crippen LogP contribution in [0.4, 0.5) is 0 Å². The Kier molecular flexibility index (Phi) is 6.75. The molecule has 0 radical (unpaired) electrons. The molecule has 0 aliphatic heterocycles. The average molecular weight is 128 g/mol. The van der Waals surface area contributed by atoms with Gasteiger partial charge in [-0.3, -0.25) is 0 Å². The van der Waals surface area contributed by atoms with E-state index in [1.807, 2.05) is 0 Å². The zero-order chi connectivity index (χ0) is 6.95. The van der Waals surface area contributed by atoms with E-state index in [1.165, 1.54) is 19.3 Å². The molecule has 52 valence electrons. The monoisotopic (exact) mass is 128 g/mol. The Bertz CT molecular complexity index is 94.5. The number of rotatable bonds is 5. The molecule has 0 fully saturated rings. The summed E-state index contributed by atoms with van der Waals surface area (Å²) in [6, 6.07) is 0. The maximum atomic E-state index is 6.34. The molecule has 0 unspecified atom stereocenters. The van der Waals surface area contributed by atoms with E-state index in [1.54, 1.807) is 0 Å². The highest BCUT2D eigenvalue weighted by atomic mass is 15.1. The van der Waals surface area contributed by atoms with Gasteiger partial charge in [-0.25, -0.2) is 0 Å². The van der Waals surface area contributed by atoms with Crippen LogP contribution >= 0.6 is 0 Å². The SMILES string of the molecule is CCCCCCN=[N+]=N. The van der Waals surface area contributed by atoms with E-state index < -0.39 is 0 Å². The zero-order valence-electron chi connectivity index (χ0n) is 5.93. The third-order valence-corrected chi connectivity index (χ3v) is 1.18. The van der Waals surface area contributed by atoms with Crippen molar-refractivity contribution in [3.63, 3.8) is 0 Å². The lowest BCUT2D eigenvalue weighted by molar-refractivity contribution is 0.658. The standard InChI is InChI=1S/C6H14N3/c1-2-3-4-5-6-8-9-7/h7H,2-6H2,1H3/q+1. The van der Waals surface area contributed by atoms with E-state index in [2.05, 4.69) is 16.9 Å². The molecule has 9 heavy (non-hydrogen) atoms. The fraction of sp³-hybridized carbons (Fsp3) is 1.00. The first-order valence-corrected chi connectivity index (χ1v) is 3.45. The summed E-state index contributed by atoms with van der Waals surface area (Å²) in [5, 5.41) is 3.54. The van der Waals surface area contributed by atoms with Crippen molar-refractivity contribution in [2.75, 3.05) is 6.54 Å². The molecule has 0 aromatic rings. The minimum atomic E-state index is 0.726. The molecule has 3 nitrogen and oxygen atoms in total. The summed E-state index contributed by atoms with van der Waals surface area (Å²) in [5.41, 5.74) is 6.34. The topological polar surface area (TPSA) is 50.3 Å². The van der Waals surface area contributed by atoms with Gasteiger partial charge < -0.3 is 0 Å². The van der Waals surface area contributed by atoms with Crippen LogP contribution in [0.3, 0.4) is 0 Å². The summed E-state index contributed by atoms with van der Waals surface area (Å²) < 4.78 is 0. The van der Waals surface area contributed by atoms with E-state index in [-0.39, 0.29) is 0 Å². The van der Waals surface area contributed by atoms with Crippen LogP contribution in [0.15, 0.2) is 5.11 Å². The third kappa shape index (κ3) is 7.31. The predicted molar refractivity (Wildman–Crippen MR) is 36.3 cm³/mol. The van der Waals surface area contributed by atoms with Crippen molar-refractivity contribution in [2.45, 2.75) is 32.6 Å². The lowest BCUT2D eigenvalue weighted by Crippen LogP contribution is -1.80. The van der Waals surface area contributed by atoms with Crippen molar-refractivity contribution >= 4 is 0 Å². The van der Waals surface area contributed by atoms with Crippen molar-refractivity contribution in [1.82, 2.24) is 4.91 Å². The second-order valence-corrected chi connectivity index (χ2v) is 2.03. The fourth-order valence-electron chi connectivity index (χ4n) is 0.659. The molecule has 3 heteroatoms. The Balaban J connectivity index is 2.82. The maximum absolute atomic E-state index is 6.34. The number of nitrogens with one attached hydrogen (secondary N) is 1. The first-order chi connectivity index (χ1) is 4.41. The summed E-state index contributed by atoms with van der Waals surface area (Å²) in [6.45, 7) is 2.90. The molecule has 0 aromatic heterocycles. The Labute approximate surface area is 55.7 Å². The van der Waals surface area contributed by atoms with Crippen molar-refractivity contribution in [3.05, 3.63) is 0 Å². The van der Waals surface area contributed by atoms with Crippen LogP contribution in [0.25, 0.3) is 0 Å². The highest BCUT2D eigenvalue weighted by Gasteiger charge is 1.87. The first-order valence-electron chi connectivity index (χ1n) is 3.45. The molecule has 0 aliphatic rings. The van der Waals surface area contributed by atoms with Gasteiger partial charge in [0.15, 0.2) is 0 Å². The molecule has 0 aliphatic carbocycles. The van der Waals surface area contributed by atoms with Crippen LogP contribution in [0.1, 0.15) is 32.6 Å². The molecule has 0 spiro atoms. The van der Waals surface area contributed by atoms with Crippen LogP contribution in [0.5, 0.6) is 0 Å². The van der Waals surface area contributed by atoms with Gasteiger partial charge in [-0.05, 0) is 6.42 Å². The zero-order valence-corrected chi connectivity index (χ0v) is 5.93. The molecule has 0 saturated heterocycles. The van der Waals surface area contributed by atoms with E-state index >= 15 is 0 Å². The Hall–Kier alpha value is -0.690. The van der Waals surface area contributed by atoms with Crippen molar-refractivity contribution in [1.29, 1.82) is 5.53 Å². The Morgan fingerprint density at radius 3 is 2.67 bits per heavy atom. The van der Waals surface area contributed by atoms with Crippen molar-refractivity contribution < 1.29 is 0 Å². The number of unbranched alkanes of at least 4 members (excludes halogenated alkanes) is 3. The Morgan fingerprint density at radius 1 is 1.33 bits per heavy atom. The van der Waals surface area contributed by atoms with Gasteiger partial charge in [0, 0.05) is 0 Å². The molecule has 0 bridgehead atoms. The number of hydrogen-bond donors (Lipinski definition) is 1. The second kappa shape index (κ2) is 7.31. The molecular weight excluding hydrogens is 114 g/mol. The molecule has 1 N–H and O–H groups in total. The molecule has 0 aromatic carbocycles. The minimum Gasteiger partial charge on any atom is -0.0654 e. The van der Waals surface area contributed by atoms with Gasteiger partial charge in [-0.1, -0.05) is 26.2 Å². The fourth-order valence-corrected chi connectivity index (χ4v) is 0.659. The predicted octanol–water partition coefficient (Wildman–Crippen LogP) is 2.12. The summed E-state index contributed by atoms with van der Waals surface area (Å²) in [5.74, 6) is 0. The quantitative estimate of drug-likeness (QED) is 0.335. The number of hydrogen-bond acceptors (Lipinski definition) is 2. The lowest BCUT2D eigenvalue weighted by atomic mass is 10.2. The molecule has 0 amide bonds. The van der Waals surface area contributed by atoms with Gasteiger partial charge in [0.25, 0.3) is 0 Å². The second-order valence-electron chi connectivity index (χ2n) is 2.03. The average Bonchev–Trinajstić information content (AvgIpc) is 1.89. The van der Waals surface area contributed by atoms with Crippen LogP contribution in [-0.2, 0) is 0 Å². The summed E-state index contributed by atoms with van der Waals surface area (Å²) in [6.07, 6.45) is 4.82. The summed E-state index contributed by atoms with van der Waals surface area (Å²) in [7, 11) is 0. The van der Waals surface area contributed by atoms with E-state index in [9.17, 15) is 0 Å². The minimum absolute atomic E-state index is 0.726. The van der Waals surface area contributed by atoms with Crippen molar-refractivity contribution in [3.8, 4) is 0 Å². The van der Waals surface area contributed by atoms with Crippen LogP contribution < -0.4 is 4.91 Å². The molecule has 0 atom stereocenters. The van der Waals surface area contributed by atoms with Crippen LogP contribution in [0, 0.1) is 5.53 Å². The van der Waals surface area contributed by atoms with Gasteiger partial charge in [-0.2, -0.15) is 0 Å². The van der Waals surface area contributed by atoms with E-state index in [0.717, 1.165) is 13.0 Å². The maximum Gasteiger partial charge on any atom is 0.214 e.